The minimum absolute atomic E-state index is 0.0169. The molecule has 0 unspecified atom stereocenters. The van der Waals surface area contributed by atoms with E-state index in [1.165, 1.54) is 0 Å². The summed E-state index contributed by atoms with van der Waals surface area (Å²) in [6.45, 7) is 0.596. The Balaban J connectivity index is 1.78. The molecular weight excluding hydrogens is 482 g/mol. The van der Waals surface area contributed by atoms with Crippen LogP contribution in [0.15, 0.2) is 83.9 Å². The zero-order chi connectivity index (χ0) is 27.3. The number of aliphatic imine (C=N–C) groups is 1. The minimum atomic E-state index is -0.785. The van der Waals surface area contributed by atoms with E-state index >= 15 is 0 Å². The van der Waals surface area contributed by atoms with Gasteiger partial charge < -0.3 is 31.6 Å². The van der Waals surface area contributed by atoms with Gasteiger partial charge in [-0.05, 0) is 41.7 Å². The highest BCUT2D eigenvalue weighted by Gasteiger charge is 2.27. The number of methoxy groups -OCH3 is 2. The van der Waals surface area contributed by atoms with E-state index in [1.807, 2.05) is 66.7 Å². The molecule has 200 valence electrons. The second-order valence-corrected chi connectivity index (χ2v) is 8.67. The van der Waals surface area contributed by atoms with Crippen molar-refractivity contribution in [1.29, 1.82) is 0 Å². The summed E-state index contributed by atoms with van der Waals surface area (Å²) in [5.41, 5.74) is 13.4. The van der Waals surface area contributed by atoms with Crippen molar-refractivity contribution in [1.82, 2.24) is 10.6 Å². The van der Waals surface area contributed by atoms with Gasteiger partial charge in [-0.2, -0.15) is 0 Å². The van der Waals surface area contributed by atoms with E-state index in [0.717, 1.165) is 16.7 Å². The smallest absolute Gasteiger partial charge is 0.242 e. The minimum Gasteiger partial charge on any atom is -0.493 e. The van der Waals surface area contributed by atoms with E-state index in [9.17, 15) is 9.59 Å². The molecule has 0 aliphatic rings. The number of benzene rings is 3. The van der Waals surface area contributed by atoms with E-state index in [4.69, 9.17) is 20.9 Å². The van der Waals surface area contributed by atoms with E-state index in [-0.39, 0.29) is 24.3 Å². The highest BCUT2D eigenvalue weighted by atomic mass is 16.5. The number of nitrogens with one attached hydrogen (secondary N) is 2. The van der Waals surface area contributed by atoms with Gasteiger partial charge in [0, 0.05) is 13.1 Å². The number of ether oxygens (including phenoxy) is 2. The Morgan fingerprint density at radius 3 is 2.00 bits per heavy atom. The third kappa shape index (κ3) is 7.99. The lowest BCUT2D eigenvalue weighted by Gasteiger charge is -2.23. The number of nitrogens with zero attached hydrogens (tertiary/aromatic N) is 1. The number of carbonyl (C=O) groups excluding carboxylic acids is 2. The summed E-state index contributed by atoms with van der Waals surface area (Å²) in [6, 6.07) is 23.6. The van der Waals surface area contributed by atoms with Gasteiger partial charge in [-0.25, -0.2) is 0 Å². The van der Waals surface area contributed by atoms with E-state index < -0.39 is 12.0 Å². The van der Waals surface area contributed by atoms with Gasteiger partial charge in [0.25, 0.3) is 0 Å². The van der Waals surface area contributed by atoms with Crippen molar-refractivity contribution in [2.75, 3.05) is 20.8 Å². The molecule has 6 N–H and O–H groups in total. The van der Waals surface area contributed by atoms with Crippen molar-refractivity contribution in [3.8, 4) is 11.5 Å². The molecular formula is C29H35N5O4. The lowest BCUT2D eigenvalue weighted by molar-refractivity contribution is -0.129. The summed E-state index contributed by atoms with van der Waals surface area (Å²) in [5, 5.41) is 5.90. The molecule has 0 fully saturated rings. The molecule has 0 saturated carbocycles. The normalized spacial score (nSPS) is 11.3. The van der Waals surface area contributed by atoms with Crippen molar-refractivity contribution in [2.24, 2.45) is 16.5 Å². The van der Waals surface area contributed by atoms with E-state index in [0.29, 0.717) is 30.9 Å². The van der Waals surface area contributed by atoms with Crippen LogP contribution in [0.2, 0.25) is 0 Å². The van der Waals surface area contributed by atoms with Crippen LogP contribution in [0.25, 0.3) is 0 Å². The van der Waals surface area contributed by atoms with Crippen LogP contribution in [0.3, 0.4) is 0 Å². The molecule has 0 radical (unpaired) electrons. The second kappa shape index (κ2) is 14.3. The lowest BCUT2D eigenvalue weighted by atomic mass is 9.90. The van der Waals surface area contributed by atoms with Crippen molar-refractivity contribution in [3.05, 3.63) is 95.6 Å². The molecule has 0 saturated heterocycles. The van der Waals surface area contributed by atoms with Gasteiger partial charge in [-0.3, -0.25) is 14.6 Å². The molecule has 9 heteroatoms. The van der Waals surface area contributed by atoms with E-state index in [2.05, 4.69) is 15.6 Å². The Morgan fingerprint density at radius 2 is 1.45 bits per heavy atom. The monoisotopic (exact) mass is 517 g/mol. The zero-order valence-corrected chi connectivity index (χ0v) is 21.7. The second-order valence-electron chi connectivity index (χ2n) is 8.67. The Hall–Kier alpha value is -4.53. The van der Waals surface area contributed by atoms with Gasteiger partial charge in [0.2, 0.25) is 11.8 Å². The predicted octanol–water partition coefficient (Wildman–Crippen LogP) is 2.69. The molecule has 0 aliphatic heterocycles. The Labute approximate surface area is 223 Å². The molecule has 0 aromatic heterocycles. The molecule has 38 heavy (non-hydrogen) atoms. The highest BCUT2D eigenvalue weighted by molar-refractivity contribution is 5.92. The number of amides is 2. The molecule has 3 rings (SSSR count). The maximum absolute atomic E-state index is 13.6. The van der Waals surface area contributed by atoms with E-state index in [1.54, 1.807) is 26.4 Å². The molecule has 0 heterocycles. The van der Waals surface area contributed by atoms with Gasteiger partial charge in [-0.1, -0.05) is 66.7 Å². The first-order valence-corrected chi connectivity index (χ1v) is 12.4. The average Bonchev–Trinajstić information content (AvgIpc) is 2.94. The maximum atomic E-state index is 13.6. The lowest BCUT2D eigenvalue weighted by Crippen LogP contribution is -2.48. The number of guanidine groups is 1. The first-order valence-electron chi connectivity index (χ1n) is 12.4. The SMILES string of the molecule is COc1ccc(CNC(=O)[C@H](CCCN=C(N)N)NC(=O)C(c2ccccc2)c2ccccc2)cc1OC. The molecule has 9 nitrogen and oxygen atoms in total. The zero-order valence-electron chi connectivity index (χ0n) is 21.7. The van der Waals surface area contributed by atoms with Gasteiger partial charge in [0.15, 0.2) is 17.5 Å². The van der Waals surface area contributed by atoms with Crippen LogP contribution < -0.4 is 31.6 Å². The summed E-state index contributed by atoms with van der Waals surface area (Å²) in [4.78, 5) is 30.9. The number of rotatable bonds is 13. The summed E-state index contributed by atoms with van der Waals surface area (Å²) >= 11 is 0. The third-order valence-electron chi connectivity index (χ3n) is 6.02. The Morgan fingerprint density at radius 1 is 0.842 bits per heavy atom. The van der Waals surface area contributed by atoms with Gasteiger partial charge in [-0.15, -0.1) is 0 Å². The molecule has 2 amide bonds. The fourth-order valence-corrected chi connectivity index (χ4v) is 4.12. The van der Waals surface area contributed by atoms with Crippen LogP contribution in [0, 0.1) is 0 Å². The van der Waals surface area contributed by atoms with Crippen molar-refractivity contribution in [3.63, 3.8) is 0 Å². The van der Waals surface area contributed by atoms with Crippen LogP contribution in [-0.2, 0) is 16.1 Å². The quantitative estimate of drug-likeness (QED) is 0.156. The molecule has 1 atom stereocenters. The molecule has 3 aromatic rings. The largest absolute Gasteiger partial charge is 0.493 e. The first kappa shape index (κ1) is 28.0. The summed E-state index contributed by atoms with van der Waals surface area (Å²) in [5.74, 6) is -0.00334. The fourth-order valence-electron chi connectivity index (χ4n) is 4.12. The molecule has 0 spiro atoms. The third-order valence-corrected chi connectivity index (χ3v) is 6.02. The summed E-state index contributed by atoms with van der Waals surface area (Å²) in [7, 11) is 3.12. The van der Waals surface area contributed by atoms with Crippen molar-refractivity contribution < 1.29 is 19.1 Å². The van der Waals surface area contributed by atoms with Crippen LogP contribution in [0.5, 0.6) is 11.5 Å². The fraction of sp³-hybridized carbons (Fsp3) is 0.276. The first-order chi connectivity index (χ1) is 18.4. The number of nitrogens with two attached hydrogens (primary N) is 2. The number of hydrogen-bond donors (Lipinski definition) is 4. The van der Waals surface area contributed by atoms with Gasteiger partial charge in [0.1, 0.15) is 6.04 Å². The van der Waals surface area contributed by atoms with Crippen LogP contribution in [0.1, 0.15) is 35.4 Å². The predicted molar refractivity (Wildman–Crippen MR) is 148 cm³/mol. The van der Waals surface area contributed by atoms with Gasteiger partial charge in [0.05, 0.1) is 20.1 Å². The van der Waals surface area contributed by atoms with Crippen LogP contribution >= 0.6 is 0 Å². The Kier molecular flexibility index (Phi) is 10.5. The van der Waals surface area contributed by atoms with Crippen molar-refractivity contribution in [2.45, 2.75) is 31.3 Å². The average molecular weight is 518 g/mol. The van der Waals surface area contributed by atoms with Crippen LogP contribution in [-0.4, -0.2) is 44.6 Å². The van der Waals surface area contributed by atoms with Crippen LogP contribution in [0.4, 0.5) is 0 Å². The number of hydrogen-bond acceptors (Lipinski definition) is 5. The Bertz CT molecular complexity index is 1170. The highest BCUT2D eigenvalue weighted by Crippen LogP contribution is 2.28. The number of carbonyl (C=O) groups is 2. The maximum Gasteiger partial charge on any atom is 0.242 e. The summed E-state index contributed by atoms with van der Waals surface area (Å²) in [6.07, 6.45) is 0.866. The molecule has 3 aromatic carbocycles. The molecule has 0 aliphatic carbocycles. The van der Waals surface area contributed by atoms with Gasteiger partial charge >= 0.3 is 0 Å². The molecule has 0 bridgehead atoms. The van der Waals surface area contributed by atoms with Crippen molar-refractivity contribution >= 4 is 17.8 Å². The summed E-state index contributed by atoms with van der Waals surface area (Å²) < 4.78 is 10.6. The standard InChI is InChI=1S/C29H35N5O4/c1-37-24-16-15-20(18-25(24)38-2)19-33-27(35)23(14-9-17-32-29(30)31)34-28(36)26(21-10-5-3-6-11-21)22-12-7-4-8-13-22/h3-8,10-13,15-16,18,23,26H,9,14,17,19H2,1-2H3,(H,33,35)(H,34,36)(H4,30,31,32)/t23-/m0/s1. The topological polar surface area (TPSA) is 141 Å².